The molecular formula is C16H19N3O. The molecule has 0 aliphatic heterocycles. The zero-order valence-electron chi connectivity index (χ0n) is 11.4. The topological polar surface area (TPSA) is 70.9 Å². The molecule has 0 saturated heterocycles. The summed E-state index contributed by atoms with van der Waals surface area (Å²) in [5, 5.41) is 4.08. The number of H-pyrrole nitrogens is 1. The van der Waals surface area contributed by atoms with Gasteiger partial charge in [-0.05, 0) is 49.1 Å². The highest BCUT2D eigenvalue weighted by Crippen LogP contribution is 2.60. The van der Waals surface area contributed by atoms with E-state index in [-0.39, 0.29) is 5.91 Å². The van der Waals surface area contributed by atoms with Crippen LogP contribution in [0, 0.1) is 11.3 Å². The molecule has 0 atom stereocenters. The fourth-order valence-electron chi connectivity index (χ4n) is 3.24. The van der Waals surface area contributed by atoms with Crippen LogP contribution in [0.25, 0.3) is 10.9 Å². The van der Waals surface area contributed by atoms with Gasteiger partial charge in [0.25, 0.3) is 5.91 Å². The lowest BCUT2D eigenvalue weighted by Gasteiger charge is -2.14. The quantitative estimate of drug-likeness (QED) is 0.747. The van der Waals surface area contributed by atoms with Crippen LogP contribution in [0.3, 0.4) is 0 Å². The predicted molar refractivity (Wildman–Crippen MR) is 79.4 cm³/mol. The molecule has 0 radical (unpaired) electrons. The molecule has 4 heteroatoms. The van der Waals surface area contributed by atoms with Gasteiger partial charge >= 0.3 is 0 Å². The van der Waals surface area contributed by atoms with Crippen LogP contribution in [-0.2, 0) is 0 Å². The van der Waals surface area contributed by atoms with Gasteiger partial charge in [-0.2, -0.15) is 0 Å². The van der Waals surface area contributed by atoms with Gasteiger partial charge in [-0.25, -0.2) is 0 Å². The van der Waals surface area contributed by atoms with Gasteiger partial charge in [0.05, 0.1) is 11.2 Å². The Morgan fingerprint density at radius 2 is 2.20 bits per heavy atom. The second kappa shape index (κ2) is 4.01. The maximum atomic E-state index is 12.3. The first-order valence-electron chi connectivity index (χ1n) is 7.33. The molecule has 0 unspecified atom stereocenters. The number of aromatic nitrogens is 1. The van der Waals surface area contributed by atoms with Gasteiger partial charge in [-0.1, -0.05) is 12.1 Å². The zero-order valence-corrected chi connectivity index (χ0v) is 11.4. The Morgan fingerprint density at radius 1 is 1.40 bits per heavy atom. The Kier molecular flexibility index (Phi) is 2.37. The number of aromatic amines is 1. The lowest BCUT2D eigenvalue weighted by Crippen LogP contribution is -2.31. The predicted octanol–water partition coefficient (Wildman–Crippen LogP) is 2.67. The van der Waals surface area contributed by atoms with Crippen LogP contribution in [0.4, 0.5) is 5.69 Å². The van der Waals surface area contributed by atoms with E-state index in [1.54, 1.807) is 0 Å². The molecule has 4 N–H and O–H groups in total. The van der Waals surface area contributed by atoms with E-state index < -0.39 is 0 Å². The summed E-state index contributed by atoms with van der Waals surface area (Å²) in [4.78, 5) is 15.4. The molecule has 1 heterocycles. The standard InChI is InChI=1S/C16H19N3O/c17-12-3-1-2-10-8-13(19-14(10)12)15(20)18-9-16(6-7-16)11-4-5-11/h1-3,8,11,19H,4-7,9,17H2,(H,18,20). The maximum absolute atomic E-state index is 12.3. The van der Waals surface area contributed by atoms with Gasteiger partial charge in [0.15, 0.2) is 0 Å². The number of carbonyl (C=O) groups is 1. The highest BCUT2D eigenvalue weighted by atomic mass is 16.1. The summed E-state index contributed by atoms with van der Waals surface area (Å²) in [5.74, 6) is 0.841. The van der Waals surface area contributed by atoms with Crippen LogP contribution in [0.2, 0.25) is 0 Å². The van der Waals surface area contributed by atoms with Gasteiger partial charge in [0, 0.05) is 11.9 Å². The van der Waals surface area contributed by atoms with Crippen LogP contribution in [-0.4, -0.2) is 17.4 Å². The molecule has 1 amide bonds. The molecule has 2 saturated carbocycles. The Hall–Kier alpha value is -1.97. The second-order valence-corrected chi connectivity index (χ2v) is 6.31. The Balaban J connectivity index is 1.50. The second-order valence-electron chi connectivity index (χ2n) is 6.31. The largest absolute Gasteiger partial charge is 0.397 e. The summed E-state index contributed by atoms with van der Waals surface area (Å²) < 4.78 is 0. The molecule has 1 aromatic carbocycles. The van der Waals surface area contributed by atoms with Crippen LogP contribution in [0.5, 0.6) is 0 Å². The van der Waals surface area contributed by atoms with Crippen molar-refractivity contribution in [3.8, 4) is 0 Å². The highest BCUT2D eigenvalue weighted by molar-refractivity contribution is 6.00. The van der Waals surface area contributed by atoms with Crippen molar-refractivity contribution in [3.05, 3.63) is 30.0 Å². The number of nitrogens with one attached hydrogen (secondary N) is 2. The molecule has 20 heavy (non-hydrogen) atoms. The van der Waals surface area contributed by atoms with Crippen LogP contribution >= 0.6 is 0 Å². The fraction of sp³-hybridized carbons (Fsp3) is 0.438. The van der Waals surface area contributed by atoms with E-state index in [0.717, 1.165) is 23.4 Å². The zero-order chi connectivity index (χ0) is 13.7. The summed E-state index contributed by atoms with van der Waals surface area (Å²) in [6, 6.07) is 7.58. The van der Waals surface area contributed by atoms with Gasteiger partial charge in [0.1, 0.15) is 5.69 Å². The molecule has 0 spiro atoms. The average Bonchev–Trinajstić information content (AvgIpc) is 3.33. The number of hydrogen-bond acceptors (Lipinski definition) is 2. The molecule has 4 rings (SSSR count). The summed E-state index contributed by atoms with van der Waals surface area (Å²) in [5.41, 5.74) is 8.47. The van der Waals surface area contributed by atoms with Crippen molar-refractivity contribution in [1.82, 2.24) is 10.3 Å². The monoisotopic (exact) mass is 269 g/mol. The highest BCUT2D eigenvalue weighted by Gasteiger charge is 2.53. The lowest BCUT2D eigenvalue weighted by atomic mass is 10.0. The third-order valence-electron chi connectivity index (χ3n) is 4.87. The van der Waals surface area contributed by atoms with E-state index in [4.69, 9.17) is 5.73 Å². The number of fused-ring (bicyclic) bond motifs is 1. The number of anilines is 1. The number of nitrogens with two attached hydrogens (primary N) is 1. The number of para-hydroxylation sites is 1. The van der Waals surface area contributed by atoms with E-state index >= 15 is 0 Å². The number of carbonyl (C=O) groups excluding carboxylic acids is 1. The summed E-state index contributed by atoms with van der Waals surface area (Å²) in [6.07, 6.45) is 5.24. The maximum Gasteiger partial charge on any atom is 0.267 e. The number of amides is 1. The van der Waals surface area contributed by atoms with Gasteiger partial charge < -0.3 is 16.0 Å². The molecule has 2 fully saturated rings. The first-order chi connectivity index (χ1) is 9.68. The van der Waals surface area contributed by atoms with Gasteiger partial charge in [-0.3, -0.25) is 4.79 Å². The van der Waals surface area contributed by atoms with Crippen molar-refractivity contribution in [1.29, 1.82) is 0 Å². The van der Waals surface area contributed by atoms with E-state index in [9.17, 15) is 4.79 Å². The van der Waals surface area contributed by atoms with Crippen molar-refractivity contribution >= 4 is 22.5 Å². The fourth-order valence-corrected chi connectivity index (χ4v) is 3.24. The van der Waals surface area contributed by atoms with E-state index in [1.165, 1.54) is 25.7 Å². The van der Waals surface area contributed by atoms with Crippen LogP contribution in [0.15, 0.2) is 24.3 Å². The minimum absolute atomic E-state index is 0.0208. The summed E-state index contributed by atoms with van der Waals surface area (Å²) >= 11 is 0. The number of rotatable bonds is 4. The number of benzene rings is 1. The Bertz CT molecular complexity index is 680. The van der Waals surface area contributed by atoms with Crippen molar-refractivity contribution in [2.24, 2.45) is 11.3 Å². The third-order valence-corrected chi connectivity index (χ3v) is 4.87. The molecule has 0 bridgehead atoms. The molecule has 2 aromatic rings. The first-order valence-corrected chi connectivity index (χ1v) is 7.33. The summed E-state index contributed by atoms with van der Waals surface area (Å²) in [6.45, 7) is 0.821. The van der Waals surface area contributed by atoms with E-state index in [0.29, 0.717) is 16.8 Å². The van der Waals surface area contributed by atoms with E-state index in [1.807, 2.05) is 24.3 Å². The third kappa shape index (κ3) is 1.87. The number of hydrogen-bond donors (Lipinski definition) is 3. The summed E-state index contributed by atoms with van der Waals surface area (Å²) in [7, 11) is 0. The molecule has 1 aromatic heterocycles. The van der Waals surface area contributed by atoms with Crippen LogP contribution < -0.4 is 11.1 Å². The minimum Gasteiger partial charge on any atom is -0.397 e. The van der Waals surface area contributed by atoms with Crippen molar-refractivity contribution in [3.63, 3.8) is 0 Å². The molecule has 104 valence electrons. The smallest absolute Gasteiger partial charge is 0.267 e. The average molecular weight is 269 g/mol. The SMILES string of the molecule is Nc1cccc2cc(C(=O)NCC3(C4CC4)CC3)[nH]c12. The Labute approximate surface area is 117 Å². The van der Waals surface area contributed by atoms with Crippen molar-refractivity contribution in [2.75, 3.05) is 12.3 Å². The molecular weight excluding hydrogens is 250 g/mol. The molecule has 2 aliphatic rings. The minimum atomic E-state index is -0.0208. The first kappa shape index (κ1) is 11.8. The van der Waals surface area contributed by atoms with E-state index in [2.05, 4.69) is 10.3 Å². The molecule has 2 aliphatic carbocycles. The van der Waals surface area contributed by atoms with Gasteiger partial charge in [0.2, 0.25) is 0 Å². The van der Waals surface area contributed by atoms with Gasteiger partial charge in [-0.15, -0.1) is 0 Å². The normalized spacial score (nSPS) is 20.0. The lowest BCUT2D eigenvalue weighted by molar-refractivity contribution is 0.0938. The van der Waals surface area contributed by atoms with Crippen molar-refractivity contribution < 1.29 is 4.79 Å². The molecule has 4 nitrogen and oxygen atoms in total. The Morgan fingerprint density at radius 3 is 2.85 bits per heavy atom. The van der Waals surface area contributed by atoms with Crippen molar-refractivity contribution in [2.45, 2.75) is 25.7 Å². The number of nitrogen functional groups attached to an aromatic ring is 1. The van der Waals surface area contributed by atoms with Crippen LogP contribution in [0.1, 0.15) is 36.2 Å².